The molecule has 0 radical (unpaired) electrons. The summed E-state index contributed by atoms with van der Waals surface area (Å²) >= 11 is 0. The van der Waals surface area contributed by atoms with Crippen LogP contribution in [0, 0.1) is 0 Å². The molecule has 7 rings (SSSR count). The SMILES string of the molecule is c1ccc(C2(c3ccccc3)c3c(ccc4ccccc34)-c3[nH]c4ccccc4c32)cc1. The van der Waals surface area contributed by atoms with Crippen LogP contribution in [0.3, 0.4) is 0 Å². The van der Waals surface area contributed by atoms with E-state index in [2.05, 4.69) is 126 Å². The summed E-state index contributed by atoms with van der Waals surface area (Å²) in [5, 5.41) is 3.87. The van der Waals surface area contributed by atoms with Gasteiger partial charge in [-0.2, -0.15) is 0 Å². The third kappa shape index (κ3) is 2.13. The standard InChI is InChI=1S/C31H21N/c1-3-12-22(13-4-1)31(23-14-5-2-6-15-23)28-24-16-8-7-11-21(24)19-20-26(28)30-29(31)25-17-9-10-18-27(25)32-30/h1-20,32H. The summed E-state index contributed by atoms with van der Waals surface area (Å²) in [7, 11) is 0. The van der Waals surface area contributed by atoms with Crippen molar-refractivity contribution in [1.82, 2.24) is 4.98 Å². The molecule has 0 saturated carbocycles. The lowest BCUT2D eigenvalue weighted by Crippen LogP contribution is -2.28. The van der Waals surface area contributed by atoms with Crippen LogP contribution in [0.25, 0.3) is 32.9 Å². The highest BCUT2D eigenvalue weighted by Crippen LogP contribution is 2.59. The van der Waals surface area contributed by atoms with E-state index in [0.717, 1.165) is 0 Å². The van der Waals surface area contributed by atoms with E-state index in [1.54, 1.807) is 0 Å². The van der Waals surface area contributed by atoms with Gasteiger partial charge in [-0.1, -0.05) is 115 Å². The smallest absolute Gasteiger partial charge is 0.0741 e. The van der Waals surface area contributed by atoms with Crippen LogP contribution >= 0.6 is 0 Å². The molecule has 1 N–H and O–H groups in total. The van der Waals surface area contributed by atoms with Crippen LogP contribution in [-0.4, -0.2) is 4.98 Å². The zero-order chi connectivity index (χ0) is 21.1. The van der Waals surface area contributed by atoms with Crippen molar-refractivity contribution in [2.45, 2.75) is 5.41 Å². The first-order valence-electron chi connectivity index (χ1n) is 11.1. The fraction of sp³-hybridized carbons (Fsp3) is 0.0323. The summed E-state index contributed by atoms with van der Waals surface area (Å²) in [5.74, 6) is 0. The van der Waals surface area contributed by atoms with Gasteiger partial charge in [0.2, 0.25) is 0 Å². The Morgan fingerprint density at radius 1 is 0.469 bits per heavy atom. The second-order valence-electron chi connectivity index (χ2n) is 8.61. The highest BCUT2D eigenvalue weighted by molar-refractivity contribution is 6.05. The molecule has 5 aromatic carbocycles. The van der Waals surface area contributed by atoms with Crippen LogP contribution in [0.15, 0.2) is 121 Å². The molecule has 0 atom stereocenters. The first-order chi connectivity index (χ1) is 15.9. The normalized spacial score (nSPS) is 13.9. The average molecular weight is 408 g/mol. The Hall–Kier alpha value is -4.10. The lowest BCUT2D eigenvalue weighted by Gasteiger charge is -2.34. The maximum absolute atomic E-state index is 3.79. The number of para-hydroxylation sites is 1. The van der Waals surface area contributed by atoms with E-state index >= 15 is 0 Å². The highest BCUT2D eigenvalue weighted by Gasteiger charge is 2.49. The third-order valence-corrected chi connectivity index (χ3v) is 7.07. The van der Waals surface area contributed by atoms with Gasteiger partial charge in [0.1, 0.15) is 0 Å². The molecule has 0 unspecified atom stereocenters. The van der Waals surface area contributed by atoms with E-state index in [9.17, 15) is 0 Å². The highest BCUT2D eigenvalue weighted by atomic mass is 14.8. The van der Waals surface area contributed by atoms with Crippen LogP contribution in [0.2, 0.25) is 0 Å². The predicted octanol–water partition coefficient (Wildman–Crippen LogP) is 7.68. The van der Waals surface area contributed by atoms with Crippen molar-refractivity contribution in [3.8, 4) is 11.3 Å². The quantitative estimate of drug-likeness (QED) is 0.302. The van der Waals surface area contributed by atoms with Crippen LogP contribution in [0.5, 0.6) is 0 Å². The van der Waals surface area contributed by atoms with Gasteiger partial charge >= 0.3 is 0 Å². The fourth-order valence-electron chi connectivity index (χ4n) is 5.86. The number of aromatic amines is 1. The monoisotopic (exact) mass is 407 g/mol. The molecule has 1 heteroatoms. The third-order valence-electron chi connectivity index (χ3n) is 7.07. The van der Waals surface area contributed by atoms with Gasteiger partial charge in [0, 0.05) is 22.0 Å². The number of rotatable bonds is 2. The summed E-state index contributed by atoms with van der Waals surface area (Å²) in [6, 6.07) is 44.1. The molecule has 32 heavy (non-hydrogen) atoms. The molecule has 6 aromatic rings. The Balaban J connectivity index is 1.78. The molecule has 1 aromatic heterocycles. The molecule has 0 fully saturated rings. The number of H-pyrrole nitrogens is 1. The molecule has 150 valence electrons. The van der Waals surface area contributed by atoms with Crippen molar-refractivity contribution >= 4 is 21.7 Å². The Morgan fingerprint density at radius 2 is 1.06 bits per heavy atom. The number of benzene rings is 5. The van der Waals surface area contributed by atoms with E-state index in [1.807, 2.05) is 0 Å². The Bertz CT molecular complexity index is 1570. The second-order valence-corrected chi connectivity index (χ2v) is 8.61. The van der Waals surface area contributed by atoms with Crippen LogP contribution in [-0.2, 0) is 5.41 Å². The zero-order valence-electron chi connectivity index (χ0n) is 17.5. The van der Waals surface area contributed by atoms with Crippen molar-refractivity contribution in [2.75, 3.05) is 0 Å². The molecule has 1 aliphatic rings. The van der Waals surface area contributed by atoms with E-state index < -0.39 is 5.41 Å². The maximum atomic E-state index is 3.79. The molecule has 1 aliphatic carbocycles. The molecular weight excluding hydrogens is 386 g/mol. The zero-order valence-corrected chi connectivity index (χ0v) is 17.5. The Labute approximate surface area is 187 Å². The minimum absolute atomic E-state index is 0.395. The van der Waals surface area contributed by atoms with Gasteiger partial charge in [-0.15, -0.1) is 0 Å². The van der Waals surface area contributed by atoms with Crippen LogP contribution in [0.4, 0.5) is 0 Å². The van der Waals surface area contributed by atoms with E-state index in [1.165, 1.54) is 55.2 Å². The lowest BCUT2D eigenvalue weighted by molar-refractivity contribution is 0.783. The van der Waals surface area contributed by atoms with Crippen LogP contribution < -0.4 is 0 Å². The van der Waals surface area contributed by atoms with E-state index in [4.69, 9.17) is 0 Å². The fourth-order valence-corrected chi connectivity index (χ4v) is 5.86. The maximum Gasteiger partial charge on any atom is 0.0741 e. The van der Waals surface area contributed by atoms with Crippen molar-refractivity contribution in [1.29, 1.82) is 0 Å². The summed E-state index contributed by atoms with van der Waals surface area (Å²) in [6.45, 7) is 0. The van der Waals surface area contributed by atoms with Crippen molar-refractivity contribution in [3.63, 3.8) is 0 Å². The average Bonchev–Trinajstić information content (AvgIpc) is 3.39. The number of fused-ring (bicyclic) bond motifs is 7. The predicted molar refractivity (Wildman–Crippen MR) is 133 cm³/mol. The van der Waals surface area contributed by atoms with E-state index in [0.29, 0.717) is 0 Å². The molecule has 0 amide bonds. The molecule has 1 heterocycles. The van der Waals surface area contributed by atoms with Gasteiger partial charge in [-0.25, -0.2) is 0 Å². The van der Waals surface area contributed by atoms with Crippen molar-refractivity contribution in [2.24, 2.45) is 0 Å². The second kappa shape index (κ2) is 6.45. The van der Waals surface area contributed by atoms with Gasteiger partial charge in [0.15, 0.2) is 0 Å². The topological polar surface area (TPSA) is 15.8 Å². The molecule has 0 spiro atoms. The number of aromatic nitrogens is 1. The van der Waals surface area contributed by atoms with E-state index in [-0.39, 0.29) is 0 Å². The number of nitrogens with one attached hydrogen (secondary N) is 1. The van der Waals surface area contributed by atoms with Crippen molar-refractivity contribution < 1.29 is 0 Å². The Morgan fingerprint density at radius 3 is 1.78 bits per heavy atom. The first-order valence-corrected chi connectivity index (χ1v) is 11.1. The van der Waals surface area contributed by atoms with Gasteiger partial charge in [0.25, 0.3) is 0 Å². The molecule has 0 bridgehead atoms. The Kier molecular flexibility index (Phi) is 3.54. The summed E-state index contributed by atoms with van der Waals surface area (Å²) in [4.78, 5) is 3.79. The lowest BCUT2D eigenvalue weighted by atomic mass is 9.66. The first kappa shape index (κ1) is 17.6. The minimum Gasteiger partial charge on any atom is -0.354 e. The number of hydrogen-bond acceptors (Lipinski definition) is 0. The summed E-state index contributed by atoms with van der Waals surface area (Å²) < 4.78 is 0. The van der Waals surface area contributed by atoms with Gasteiger partial charge in [-0.05, 0) is 33.5 Å². The summed E-state index contributed by atoms with van der Waals surface area (Å²) in [6.07, 6.45) is 0. The molecule has 0 saturated heterocycles. The largest absolute Gasteiger partial charge is 0.354 e. The molecule has 0 aliphatic heterocycles. The van der Waals surface area contributed by atoms with Gasteiger partial charge in [0.05, 0.1) is 11.1 Å². The summed E-state index contributed by atoms with van der Waals surface area (Å²) in [5.41, 5.74) is 8.65. The van der Waals surface area contributed by atoms with Gasteiger partial charge < -0.3 is 4.98 Å². The minimum atomic E-state index is -0.395. The number of hydrogen-bond donors (Lipinski definition) is 1. The van der Waals surface area contributed by atoms with Crippen molar-refractivity contribution in [3.05, 3.63) is 144 Å². The van der Waals surface area contributed by atoms with Gasteiger partial charge in [-0.3, -0.25) is 0 Å². The molecule has 1 nitrogen and oxygen atoms in total. The molecular formula is C31H21N. The van der Waals surface area contributed by atoms with Crippen LogP contribution in [0.1, 0.15) is 22.3 Å².